The fourth-order valence-electron chi connectivity index (χ4n) is 5.15. The summed E-state index contributed by atoms with van der Waals surface area (Å²) < 4.78 is 33.7. The van der Waals surface area contributed by atoms with Crippen molar-refractivity contribution >= 4 is 17.1 Å². The van der Waals surface area contributed by atoms with Crippen LogP contribution in [0.25, 0.3) is 16.7 Å². The average molecular weight is 492 g/mol. The van der Waals surface area contributed by atoms with E-state index < -0.39 is 5.82 Å². The molecule has 6 rings (SSSR count). The van der Waals surface area contributed by atoms with Gasteiger partial charge in [0, 0.05) is 36.7 Å². The van der Waals surface area contributed by atoms with Gasteiger partial charge in [0.2, 0.25) is 5.88 Å². The number of hydrogen-bond acceptors (Lipinski definition) is 7. The molecule has 2 saturated heterocycles. The van der Waals surface area contributed by atoms with Crippen LogP contribution < -0.4 is 4.74 Å². The highest BCUT2D eigenvalue weighted by molar-refractivity contribution is 5.83. The van der Waals surface area contributed by atoms with Crippen molar-refractivity contribution in [1.82, 2.24) is 19.4 Å². The summed E-state index contributed by atoms with van der Waals surface area (Å²) in [4.78, 5) is 23.3. The fraction of sp³-hybridized carbons (Fsp3) is 0.462. The standard InChI is InChI=1S/C26H26FN5O4/c1-15-19(9-28)21(4-3-20(15)27)32-8-5-18-23(32)29-14-30-24(18)35-22-16-10-31(11-17(22)13-34-12-16)25(33)36-26(2)6-7-26/h3-5,8,14,16-17,22H,6-7,10-13H2,1-2H3. The van der Waals surface area contributed by atoms with Crippen molar-refractivity contribution in [3.8, 4) is 17.6 Å². The predicted octanol–water partition coefficient (Wildman–Crippen LogP) is 3.75. The van der Waals surface area contributed by atoms with Gasteiger partial charge >= 0.3 is 6.09 Å². The maximum atomic E-state index is 14.1. The summed E-state index contributed by atoms with van der Waals surface area (Å²) in [5, 5.41) is 10.3. The van der Waals surface area contributed by atoms with E-state index in [1.807, 2.05) is 13.0 Å². The molecule has 1 aliphatic carbocycles. The number of fused-ring (bicyclic) bond motifs is 3. The van der Waals surface area contributed by atoms with E-state index in [1.165, 1.54) is 12.4 Å². The number of amides is 1. The maximum Gasteiger partial charge on any atom is 0.410 e. The van der Waals surface area contributed by atoms with Gasteiger partial charge in [-0.2, -0.15) is 5.26 Å². The van der Waals surface area contributed by atoms with Gasteiger partial charge in [-0.25, -0.2) is 19.2 Å². The van der Waals surface area contributed by atoms with Crippen molar-refractivity contribution in [2.45, 2.75) is 38.4 Å². The molecule has 3 fully saturated rings. The molecule has 0 spiro atoms. The van der Waals surface area contributed by atoms with E-state index >= 15 is 0 Å². The first kappa shape index (κ1) is 22.7. The number of carbonyl (C=O) groups excluding carboxylic acids is 1. The van der Waals surface area contributed by atoms with Crippen LogP contribution in [0.1, 0.15) is 30.9 Å². The van der Waals surface area contributed by atoms with Crippen molar-refractivity contribution in [1.29, 1.82) is 5.26 Å². The third-order valence-electron chi connectivity index (χ3n) is 7.49. The predicted molar refractivity (Wildman–Crippen MR) is 126 cm³/mol. The molecule has 10 heteroatoms. The molecular weight excluding hydrogens is 465 g/mol. The smallest absolute Gasteiger partial charge is 0.410 e. The number of aromatic nitrogens is 3. The Bertz CT molecular complexity index is 1380. The second-order valence-electron chi connectivity index (χ2n) is 10.1. The van der Waals surface area contributed by atoms with E-state index in [-0.39, 0.29) is 40.8 Å². The second kappa shape index (κ2) is 8.45. The SMILES string of the molecule is Cc1c(F)ccc(-n2ccc3c(OC4C5COCC4CN(C(=O)OC4(C)CC4)C5)ncnc32)c1C#N. The van der Waals surface area contributed by atoms with Crippen LogP contribution in [0.3, 0.4) is 0 Å². The summed E-state index contributed by atoms with van der Waals surface area (Å²) in [6.45, 7) is 5.50. The van der Waals surface area contributed by atoms with Crippen LogP contribution >= 0.6 is 0 Å². The lowest BCUT2D eigenvalue weighted by Crippen LogP contribution is -2.59. The molecule has 3 aliphatic rings. The molecule has 3 aromatic rings. The molecule has 2 unspecified atom stereocenters. The van der Waals surface area contributed by atoms with Gasteiger partial charge in [0.1, 0.15) is 29.9 Å². The summed E-state index contributed by atoms with van der Waals surface area (Å²) in [5.41, 5.74) is 1.32. The molecule has 1 saturated carbocycles. The van der Waals surface area contributed by atoms with Crippen LogP contribution in [0.15, 0.2) is 30.7 Å². The van der Waals surface area contributed by atoms with Gasteiger partial charge in [-0.3, -0.25) is 4.57 Å². The summed E-state index contributed by atoms with van der Waals surface area (Å²) in [7, 11) is 0. The van der Waals surface area contributed by atoms with Crippen LogP contribution in [0.5, 0.6) is 5.88 Å². The van der Waals surface area contributed by atoms with Gasteiger partial charge in [0.05, 0.1) is 29.9 Å². The minimum atomic E-state index is -0.430. The minimum Gasteiger partial charge on any atom is -0.473 e. The van der Waals surface area contributed by atoms with Crippen LogP contribution in [0.2, 0.25) is 0 Å². The number of nitrogens with zero attached hydrogens (tertiary/aromatic N) is 5. The molecule has 2 atom stereocenters. The number of carbonyl (C=O) groups is 1. The number of ether oxygens (including phenoxy) is 3. The highest BCUT2D eigenvalue weighted by atomic mass is 19.1. The Balaban J connectivity index is 1.27. The van der Waals surface area contributed by atoms with Crippen LogP contribution in [0, 0.1) is 35.9 Å². The van der Waals surface area contributed by atoms with E-state index in [9.17, 15) is 14.4 Å². The summed E-state index contributed by atoms with van der Waals surface area (Å²) in [6.07, 6.45) is 4.57. The molecule has 186 valence electrons. The molecular formula is C26H26FN5O4. The van der Waals surface area contributed by atoms with Gasteiger partial charge in [0.25, 0.3) is 0 Å². The quantitative estimate of drug-likeness (QED) is 0.548. The van der Waals surface area contributed by atoms with E-state index in [0.717, 1.165) is 12.8 Å². The normalized spacial score (nSPS) is 24.3. The van der Waals surface area contributed by atoms with Gasteiger partial charge < -0.3 is 19.1 Å². The van der Waals surface area contributed by atoms with Crippen molar-refractivity contribution in [2.24, 2.45) is 11.8 Å². The maximum absolute atomic E-state index is 14.1. The first-order valence-electron chi connectivity index (χ1n) is 12.1. The molecule has 36 heavy (non-hydrogen) atoms. The second-order valence-corrected chi connectivity index (χ2v) is 10.1. The molecule has 1 aromatic carbocycles. The summed E-state index contributed by atoms with van der Waals surface area (Å²) >= 11 is 0. The number of rotatable bonds is 4. The summed E-state index contributed by atoms with van der Waals surface area (Å²) in [6, 6.07) is 6.85. The molecule has 4 heterocycles. The number of benzene rings is 1. The molecule has 1 amide bonds. The van der Waals surface area contributed by atoms with E-state index in [2.05, 4.69) is 16.0 Å². The first-order valence-corrected chi connectivity index (χ1v) is 12.1. The number of hydrogen-bond donors (Lipinski definition) is 0. The highest BCUT2D eigenvalue weighted by Gasteiger charge is 2.47. The lowest BCUT2D eigenvalue weighted by molar-refractivity contribution is -0.111. The topological polar surface area (TPSA) is 102 Å². The van der Waals surface area contributed by atoms with Crippen molar-refractivity contribution in [3.05, 3.63) is 47.7 Å². The molecule has 2 aliphatic heterocycles. The Morgan fingerprint density at radius 3 is 2.67 bits per heavy atom. The average Bonchev–Trinajstić information content (AvgIpc) is 3.41. The van der Waals surface area contributed by atoms with Crippen LogP contribution in [0.4, 0.5) is 9.18 Å². The molecule has 0 radical (unpaired) electrons. The van der Waals surface area contributed by atoms with Crippen molar-refractivity contribution in [3.63, 3.8) is 0 Å². The Labute approximate surface area is 207 Å². The van der Waals surface area contributed by atoms with Gasteiger partial charge in [-0.1, -0.05) is 0 Å². The third kappa shape index (κ3) is 3.84. The Hall–Kier alpha value is -3.71. The molecule has 2 bridgehead atoms. The van der Waals surface area contributed by atoms with E-state index in [1.54, 1.807) is 28.7 Å². The Kier molecular flexibility index (Phi) is 5.34. The van der Waals surface area contributed by atoms with E-state index in [4.69, 9.17) is 14.2 Å². The first-order chi connectivity index (χ1) is 17.4. The van der Waals surface area contributed by atoms with E-state index in [0.29, 0.717) is 48.9 Å². The molecule has 2 aromatic heterocycles. The third-order valence-corrected chi connectivity index (χ3v) is 7.49. The molecule has 0 N–H and O–H groups in total. The Morgan fingerprint density at radius 2 is 1.97 bits per heavy atom. The monoisotopic (exact) mass is 491 g/mol. The zero-order valence-corrected chi connectivity index (χ0v) is 20.1. The number of nitriles is 1. The van der Waals surface area contributed by atoms with Crippen LogP contribution in [-0.4, -0.2) is 63.5 Å². The Morgan fingerprint density at radius 1 is 1.22 bits per heavy atom. The fourth-order valence-corrected chi connectivity index (χ4v) is 5.15. The number of likely N-dealkylation sites (tertiary alicyclic amines) is 1. The summed E-state index contributed by atoms with van der Waals surface area (Å²) in [5.74, 6) is -0.0386. The van der Waals surface area contributed by atoms with Crippen molar-refractivity contribution < 1.29 is 23.4 Å². The van der Waals surface area contributed by atoms with Gasteiger partial charge in [-0.05, 0) is 44.9 Å². The van der Waals surface area contributed by atoms with Gasteiger partial charge in [0.15, 0.2) is 5.65 Å². The largest absolute Gasteiger partial charge is 0.473 e. The lowest BCUT2D eigenvalue weighted by Gasteiger charge is -2.46. The zero-order chi connectivity index (χ0) is 25.0. The highest BCUT2D eigenvalue weighted by Crippen LogP contribution is 2.40. The van der Waals surface area contributed by atoms with Crippen LogP contribution in [-0.2, 0) is 9.47 Å². The van der Waals surface area contributed by atoms with Gasteiger partial charge in [-0.15, -0.1) is 0 Å². The number of halogens is 1. The zero-order valence-electron chi connectivity index (χ0n) is 20.1. The minimum absolute atomic E-state index is 0.0194. The molecule has 9 nitrogen and oxygen atoms in total. The lowest BCUT2D eigenvalue weighted by atomic mass is 9.84. The number of piperidine rings is 1. The van der Waals surface area contributed by atoms with Crippen molar-refractivity contribution in [2.75, 3.05) is 26.3 Å².